The first-order chi connectivity index (χ1) is 7.70. The van der Waals surface area contributed by atoms with E-state index in [1.807, 2.05) is 0 Å². The van der Waals surface area contributed by atoms with Crippen LogP contribution in [0.5, 0.6) is 0 Å². The molecular formula is C9H8ClFN4O. The average Bonchev–Trinajstić information content (AvgIpc) is 2.71. The van der Waals surface area contributed by atoms with Gasteiger partial charge in [-0.1, -0.05) is 0 Å². The van der Waals surface area contributed by atoms with E-state index in [9.17, 15) is 4.39 Å². The van der Waals surface area contributed by atoms with Gasteiger partial charge in [0.1, 0.15) is 5.69 Å². The number of aliphatic hydroxyl groups excluding tert-OH is 1. The maximum atomic E-state index is 13.4. The van der Waals surface area contributed by atoms with Gasteiger partial charge in [0.25, 0.3) is 0 Å². The van der Waals surface area contributed by atoms with E-state index in [0.717, 1.165) is 6.20 Å². The van der Waals surface area contributed by atoms with E-state index < -0.39 is 5.82 Å². The summed E-state index contributed by atoms with van der Waals surface area (Å²) in [5, 5.41) is 12.6. The second kappa shape index (κ2) is 4.54. The van der Waals surface area contributed by atoms with E-state index in [4.69, 9.17) is 16.7 Å². The highest BCUT2D eigenvalue weighted by Gasteiger charge is 2.10. The van der Waals surface area contributed by atoms with Crippen molar-refractivity contribution in [2.24, 2.45) is 0 Å². The van der Waals surface area contributed by atoms with E-state index in [1.165, 1.54) is 10.9 Å². The van der Waals surface area contributed by atoms with E-state index in [2.05, 4.69) is 15.1 Å². The molecule has 0 amide bonds. The van der Waals surface area contributed by atoms with Gasteiger partial charge in [-0.25, -0.2) is 14.4 Å². The summed E-state index contributed by atoms with van der Waals surface area (Å²) in [7, 11) is 0. The molecule has 2 aromatic heterocycles. The summed E-state index contributed by atoms with van der Waals surface area (Å²) >= 11 is 5.58. The molecule has 2 aromatic rings. The number of nitrogens with zero attached hydrogens (tertiary/aromatic N) is 4. The normalized spacial score (nSPS) is 10.7. The van der Waals surface area contributed by atoms with E-state index >= 15 is 0 Å². The molecule has 0 saturated heterocycles. The zero-order chi connectivity index (χ0) is 11.5. The van der Waals surface area contributed by atoms with Crippen molar-refractivity contribution in [3.63, 3.8) is 0 Å². The van der Waals surface area contributed by atoms with Gasteiger partial charge in [-0.05, 0) is 11.6 Å². The fourth-order valence-corrected chi connectivity index (χ4v) is 1.39. The predicted molar refractivity (Wildman–Crippen MR) is 55.3 cm³/mol. The molecule has 0 aliphatic carbocycles. The highest BCUT2D eigenvalue weighted by Crippen LogP contribution is 2.20. The Morgan fingerprint density at radius 3 is 3.00 bits per heavy atom. The van der Waals surface area contributed by atoms with Crippen LogP contribution in [-0.2, 0) is 6.54 Å². The molecule has 0 bridgehead atoms. The number of rotatable bonds is 3. The fourth-order valence-electron chi connectivity index (χ4n) is 1.26. The van der Waals surface area contributed by atoms with Crippen LogP contribution in [0.4, 0.5) is 4.39 Å². The minimum absolute atomic E-state index is 0.0219. The molecule has 0 aliphatic heterocycles. The number of aromatic nitrogens is 4. The summed E-state index contributed by atoms with van der Waals surface area (Å²) in [6, 6.07) is 0. The standard InChI is InChI=1S/C9H8ClFN4O/c10-9-12-4-7(11)8(14-9)6-3-13-15(5-6)1-2-16/h3-5,16H,1-2H2. The second-order valence-corrected chi connectivity index (χ2v) is 3.39. The molecule has 0 radical (unpaired) electrons. The number of hydrogen-bond donors (Lipinski definition) is 1. The molecular weight excluding hydrogens is 235 g/mol. The van der Waals surface area contributed by atoms with Crippen molar-refractivity contribution in [3.05, 3.63) is 29.7 Å². The maximum absolute atomic E-state index is 13.4. The Kier molecular flexibility index (Phi) is 3.12. The second-order valence-electron chi connectivity index (χ2n) is 3.05. The zero-order valence-electron chi connectivity index (χ0n) is 8.14. The van der Waals surface area contributed by atoms with Gasteiger partial charge >= 0.3 is 0 Å². The van der Waals surface area contributed by atoms with Gasteiger partial charge in [-0.2, -0.15) is 5.10 Å². The van der Waals surface area contributed by atoms with Crippen molar-refractivity contribution in [3.8, 4) is 11.3 Å². The third-order valence-corrected chi connectivity index (χ3v) is 2.13. The third-order valence-electron chi connectivity index (χ3n) is 1.95. The number of halogens is 2. The fraction of sp³-hybridized carbons (Fsp3) is 0.222. The molecule has 7 heteroatoms. The van der Waals surface area contributed by atoms with Crippen LogP contribution in [0.1, 0.15) is 0 Å². The number of aliphatic hydroxyl groups is 1. The molecule has 0 aliphatic rings. The minimum atomic E-state index is -0.562. The zero-order valence-corrected chi connectivity index (χ0v) is 8.89. The van der Waals surface area contributed by atoms with Gasteiger partial charge in [0, 0.05) is 11.8 Å². The largest absolute Gasteiger partial charge is 0.394 e. The summed E-state index contributed by atoms with van der Waals surface area (Å²) in [6.07, 6.45) is 4.05. The lowest BCUT2D eigenvalue weighted by molar-refractivity contribution is 0.269. The van der Waals surface area contributed by atoms with Crippen molar-refractivity contribution < 1.29 is 9.50 Å². The Bertz CT molecular complexity index is 502. The molecule has 0 saturated carbocycles. The van der Waals surface area contributed by atoms with Crippen molar-refractivity contribution in [1.29, 1.82) is 0 Å². The molecule has 16 heavy (non-hydrogen) atoms. The molecule has 2 rings (SSSR count). The molecule has 1 N–H and O–H groups in total. The molecule has 0 aromatic carbocycles. The van der Waals surface area contributed by atoms with Gasteiger partial charge in [0.15, 0.2) is 5.82 Å². The molecule has 0 atom stereocenters. The van der Waals surface area contributed by atoms with Crippen LogP contribution in [0.25, 0.3) is 11.3 Å². The first kappa shape index (κ1) is 11.0. The Morgan fingerprint density at radius 1 is 1.44 bits per heavy atom. The van der Waals surface area contributed by atoms with Gasteiger partial charge in [-0.3, -0.25) is 4.68 Å². The Morgan fingerprint density at radius 2 is 2.25 bits per heavy atom. The lowest BCUT2D eigenvalue weighted by atomic mass is 10.2. The summed E-state index contributed by atoms with van der Waals surface area (Å²) < 4.78 is 14.9. The molecule has 5 nitrogen and oxygen atoms in total. The van der Waals surface area contributed by atoms with Crippen LogP contribution in [0, 0.1) is 5.82 Å². The quantitative estimate of drug-likeness (QED) is 0.820. The van der Waals surface area contributed by atoms with Gasteiger partial charge < -0.3 is 5.11 Å². The summed E-state index contributed by atoms with van der Waals surface area (Å²) in [6.45, 7) is 0.314. The number of hydrogen-bond acceptors (Lipinski definition) is 4. The lowest BCUT2D eigenvalue weighted by Crippen LogP contribution is -2.01. The van der Waals surface area contributed by atoms with Crippen molar-refractivity contribution >= 4 is 11.6 Å². The SMILES string of the molecule is OCCn1cc(-c2nc(Cl)ncc2F)cn1. The van der Waals surface area contributed by atoms with Crippen LogP contribution in [-0.4, -0.2) is 31.5 Å². The van der Waals surface area contributed by atoms with Crippen LogP contribution in [0.3, 0.4) is 0 Å². The van der Waals surface area contributed by atoms with Crippen LogP contribution >= 0.6 is 11.6 Å². The van der Waals surface area contributed by atoms with Crippen LogP contribution in [0.15, 0.2) is 18.6 Å². The molecule has 0 fully saturated rings. The highest BCUT2D eigenvalue weighted by atomic mass is 35.5. The Labute approximate surface area is 95.5 Å². The first-order valence-corrected chi connectivity index (χ1v) is 4.90. The summed E-state index contributed by atoms with van der Waals surface area (Å²) in [5.41, 5.74) is 0.597. The minimum Gasteiger partial charge on any atom is -0.394 e. The Balaban J connectivity index is 2.38. The molecule has 2 heterocycles. The molecule has 84 valence electrons. The molecule has 0 spiro atoms. The molecule has 0 unspecified atom stereocenters. The average molecular weight is 243 g/mol. The Hall–Kier alpha value is -1.53. The van der Waals surface area contributed by atoms with Gasteiger partial charge in [0.05, 0.1) is 25.5 Å². The van der Waals surface area contributed by atoms with E-state index in [1.54, 1.807) is 6.20 Å². The van der Waals surface area contributed by atoms with Crippen molar-refractivity contribution in [2.45, 2.75) is 6.54 Å². The highest BCUT2D eigenvalue weighted by molar-refractivity contribution is 6.28. The first-order valence-electron chi connectivity index (χ1n) is 4.52. The topological polar surface area (TPSA) is 63.8 Å². The van der Waals surface area contributed by atoms with E-state index in [0.29, 0.717) is 12.1 Å². The van der Waals surface area contributed by atoms with Crippen molar-refractivity contribution in [1.82, 2.24) is 19.7 Å². The third kappa shape index (κ3) is 2.17. The van der Waals surface area contributed by atoms with Gasteiger partial charge in [-0.15, -0.1) is 0 Å². The van der Waals surface area contributed by atoms with Crippen molar-refractivity contribution in [2.75, 3.05) is 6.61 Å². The summed E-state index contributed by atoms with van der Waals surface area (Å²) in [5.74, 6) is -0.562. The lowest BCUT2D eigenvalue weighted by Gasteiger charge is -1.98. The smallest absolute Gasteiger partial charge is 0.223 e. The monoisotopic (exact) mass is 242 g/mol. The van der Waals surface area contributed by atoms with E-state index in [-0.39, 0.29) is 17.6 Å². The van der Waals surface area contributed by atoms with Crippen LogP contribution < -0.4 is 0 Å². The van der Waals surface area contributed by atoms with Crippen LogP contribution in [0.2, 0.25) is 5.28 Å². The summed E-state index contributed by atoms with van der Waals surface area (Å²) in [4.78, 5) is 7.30. The predicted octanol–water partition coefficient (Wildman–Crippen LogP) is 1.12. The maximum Gasteiger partial charge on any atom is 0.223 e. The van der Waals surface area contributed by atoms with Gasteiger partial charge in [0.2, 0.25) is 5.28 Å².